The Bertz CT molecular complexity index is 273. The summed E-state index contributed by atoms with van der Waals surface area (Å²) in [4.78, 5) is 0. The van der Waals surface area contributed by atoms with E-state index in [1.165, 1.54) is 25.9 Å². The van der Waals surface area contributed by atoms with E-state index in [4.69, 9.17) is 19.5 Å². The molecular weight excluding hydrogens is 256 g/mol. The quantitative estimate of drug-likeness (QED) is 0.403. The van der Waals surface area contributed by atoms with Crippen LogP contribution in [0.1, 0.15) is 25.7 Å². The molecule has 1 fully saturated rings. The zero-order chi connectivity index (χ0) is 14.5. The molecule has 0 N–H and O–H groups in total. The summed E-state index contributed by atoms with van der Waals surface area (Å²) in [6.45, 7) is 8.05. The van der Waals surface area contributed by atoms with E-state index in [9.17, 15) is 0 Å². The van der Waals surface area contributed by atoms with Gasteiger partial charge in [0, 0.05) is 32.8 Å². The third-order valence-electron chi connectivity index (χ3n) is 3.95. The van der Waals surface area contributed by atoms with Gasteiger partial charge in [-0.05, 0) is 0 Å². The molecule has 116 valence electrons. The third kappa shape index (κ3) is 7.20. The molecule has 1 heterocycles. The molecule has 0 bridgehead atoms. The molecular formula is C15H29N2O3+. The molecule has 0 radical (unpaired) electrons. The summed E-state index contributed by atoms with van der Waals surface area (Å²) >= 11 is 0. The van der Waals surface area contributed by atoms with Gasteiger partial charge in [-0.1, -0.05) is 0 Å². The highest BCUT2D eigenvalue weighted by molar-refractivity contribution is 4.68. The summed E-state index contributed by atoms with van der Waals surface area (Å²) in [5.41, 5.74) is 0. The molecule has 5 nitrogen and oxygen atoms in total. The van der Waals surface area contributed by atoms with Crippen molar-refractivity contribution in [2.45, 2.75) is 25.7 Å². The van der Waals surface area contributed by atoms with E-state index in [0.717, 1.165) is 30.6 Å². The molecule has 0 amide bonds. The minimum Gasteiger partial charge on any atom is -0.382 e. The van der Waals surface area contributed by atoms with Crippen LogP contribution in [0, 0.1) is 11.3 Å². The fourth-order valence-corrected chi connectivity index (χ4v) is 2.78. The molecule has 0 saturated carbocycles. The van der Waals surface area contributed by atoms with Crippen LogP contribution in [0.25, 0.3) is 0 Å². The Morgan fingerprint density at radius 2 is 1.60 bits per heavy atom. The minimum absolute atomic E-state index is 0.633. The molecule has 0 atom stereocenters. The molecule has 1 aliphatic rings. The van der Waals surface area contributed by atoms with Crippen molar-refractivity contribution in [1.82, 2.24) is 0 Å². The summed E-state index contributed by atoms with van der Waals surface area (Å²) in [7, 11) is 1.67. The van der Waals surface area contributed by atoms with Gasteiger partial charge in [0.2, 0.25) is 0 Å². The van der Waals surface area contributed by atoms with Gasteiger partial charge in [-0.3, -0.25) is 0 Å². The van der Waals surface area contributed by atoms with Crippen LogP contribution in [0.2, 0.25) is 0 Å². The first-order valence-electron chi connectivity index (χ1n) is 7.69. The monoisotopic (exact) mass is 285 g/mol. The highest BCUT2D eigenvalue weighted by Crippen LogP contribution is 2.20. The maximum Gasteiger partial charge on any atom is 0.102 e. The van der Waals surface area contributed by atoms with Crippen molar-refractivity contribution in [3.8, 4) is 6.07 Å². The molecule has 0 aromatic heterocycles. The Kier molecular flexibility index (Phi) is 9.60. The molecule has 1 aliphatic heterocycles. The Morgan fingerprint density at radius 1 is 0.950 bits per heavy atom. The number of hydrogen-bond donors (Lipinski definition) is 0. The second kappa shape index (κ2) is 11.0. The van der Waals surface area contributed by atoms with Crippen LogP contribution in [-0.4, -0.2) is 70.8 Å². The van der Waals surface area contributed by atoms with Gasteiger partial charge < -0.3 is 18.7 Å². The number of rotatable bonds is 12. The lowest BCUT2D eigenvalue weighted by molar-refractivity contribution is -0.917. The first-order chi connectivity index (χ1) is 9.83. The van der Waals surface area contributed by atoms with Gasteiger partial charge in [0.15, 0.2) is 0 Å². The Balaban J connectivity index is 2.06. The van der Waals surface area contributed by atoms with Gasteiger partial charge >= 0.3 is 0 Å². The van der Waals surface area contributed by atoms with Crippen LogP contribution in [0.15, 0.2) is 0 Å². The molecule has 0 aromatic carbocycles. The number of quaternary nitrogens is 1. The fraction of sp³-hybridized carbons (Fsp3) is 0.933. The normalized spacial score (nSPS) is 17.2. The first-order valence-corrected chi connectivity index (χ1v) is 7.69. The first kappa shape index (κ1) is 17.4. The van der Waals surface area contributed by atoms with Crippen LogP contribution >= 0.6 is 0 Å². The average Bonchev–Trinajstić information content (AvgIpc) is 2.91. The number of ether oxygens (including phenoxy) is 3. The Hall–Kier alpha value is -0.670. The van der Waals surface area contributed by atoms with Gasteiger partial charge in [-0.2, -0.15) is 5.26 Å². The molecule has 1 saturated heterocycles. The predicted molar refractivity (Wildman–Crippen MR) is 77.3 cm³/mol. The summed E-state index contributed by atoms with van der Waals surface area (Å²) in [5.74, 6) is 0. The SMILES string of the molecule is COCCOCCOCC[N+]1(CCCC#N)CCCC1. The van der Waals surface area contributed by atoms with E-state index in [1.54, 1.807) is 7.11 Å². The van der Waals surface area contributed by atoms with Crippen molar-refractivity contribution in [2.24, 2.45) is 0 Å². The number of hydrogen-bond acceptors (Lipinski definition) is 4. The van der Waals surface area contributed by atoms with E-state index >= 15 is 0 Å². The molecule has 1 rings (SSSR count). The Labute approximate surface area is 123 Å². The molecule has 0 aliphatic carbocycles. The molecule has 0 unspecified atom stereocenters. The lowest BCUT2D eigenvalue weighted by Gasteiger charge is -2.34. The average molecular weight is 285 g/mol. The van der Waals surface area contributed by atoms with E-state index in [2.05, 4.69) is 6.07 Å². The second-order valence-corrected chi connectivity index (χ2v) is 5.42. The van der Waals surface area contributed by atoms with Crippen molar-refractivity contribution in [2.75, 3.05) is 66.3 Å². The van der Waals surface area contributed by atoms with Crippen molar-refractivity contribution >= 4 is 0 Å². The smallest absolute Gasteiger partial charge is 0.102 e. The summed E-state index contributed by atoms with van der Waals surface area (Å²) in [6, 6.07) is 2.24. The summed E-state index contributed by atoms with van der Waals surface area (Å²) in [5, 5.41) is 8.65. The van der Waals surface area contributed by atoms with Gasteiger partial charge in [-0.15, -0.1) is 0 Å². The lowest BCUT2D eigenvalue weighted by Crippen LogP contribution is -2.48. The number of likely N-dealkylation sites (tertiary alicyclic amines) is 1. The van der Waals surface area contributed by atoms with Crippen molar-refractivity contribution in [1.29, 1.82) is 5.26 Å². The summed E-state index contributed by atoms with van der Waals surface area (Å²) in [6.07, 6.45) is 4.31. The zero-order valence-electron chi connectivity index (χ0n) is 12.8. The van der Waals surface area contributed by atoms with Crippen LogP contribution in [0.3, 0.4) is 0 Å². The van der Waals surface area contributed by atoms with E-state index < -0.39 is 0 Å². The van der Waals surface area contributed by atoms with Crippen LogP contribution < -0.4 is 0 Å². The predicted octanol–water partition coefficient (Wildman–Crippen LogP) is 1.58. The van der Waals surface area contributed by atoms with Gasteiger partial charge in [0.1, 0.15) is 6.54 Å². The van der Waals surface area contributed by atoms with Crippen LogP contribution in [0.4, 0.5) is 0 Å². The highest BCUT2D eigenvalue weighted by Gasteiger charge is 2.30. The van der Waals surface area contributed by atoms with Crippen LogP contribution in [0.5, 0.6) is 0 Å². The number of nitriles is 1. The number of nitrogens with zero attached hydrogens (tertiary/aromatic N) is 2. The number of methoxy groups -OCH3 is 1. The second-order valence-electron chi connectivity index (χ2n) is 5.42. The van der Waals surface area contributed by atoms with E-state index in [1.807, 2.05) is 0 Å². The van der Waals surface area contributed by atoms with E-state index in [0.29, 0.717) is 32.8 Å². The Morgan fingerprint density at radius 3 is 2.25 bits per heavy atom. The molecule has 20 heavy (non-hydrogen) atoms. The minimum atomic E-state index is 0.633. The van der Waals surface area contributed by atoms with Crippen LogP contribution in [-0.2, 0) is 14.2 Å². The lowest BCUT2D eigenvalue weighted by atomic mass is 10.2. The zero-order valence-corrected chi connectivity index (χ0v) is 12.8. The van der Waals surface area contributed by atoms with Crippen molar-refractivity contribution < 1.29 is 18.7 Å². The summed E-state index contributed by atoms with van der Waals surface area (Å²) < 4.78 is 17.1. The van der Waals surface area contributed by atoms with Gasteiger partial charge in [0.25, 0.3) is 0 Å². The maximum atomic E-state index is 8.65. The molecule has 0 spiro atoms. The molecule has 0 aromatic rings. The topological polar surface area (TPSA) is 51.5 Å². The van der Waals surface area contributed by atoms with Gasteiger partial charge in [0.05, 0.1) is 58.7 Å². The maximum absolute atomic E-state index is 8.65. The molecule has 5 heteroatoms. The highest BCUT2D eigenvalue weighted by atomic mass is 16.5. The fourth-order valence-electron chi connectivity index (χ4n) is 2.78. The largest absolute Gasteiger partial charge is 0.382 e. The van der Waals surface area contributed by atoms with E-state index in [-0.39, 0.29) is 0 Å². The third-order valence-corrected chi connectivity index (χ3v) is 3.95. The van der Waals surface area contributed by atoms with Crippen molar-refractivity contribution in [3.63, 3.8) is 0 Å². The van der Waals surface area contributed by atoms with Crippen molar-refractivity contribution in [3.05, 3.63) is 0 Å². The standard InChI is InChI=1S/C15H29N2O3/c1-18-12-13-20-15-14-19-11-10-17(7-3-2-6-16)8-4-5-9-17/h2-5,7-15H2,1H3/q+1. The van der Waals surface area contributed by atoms with Gasteiger partial charge in [-0.25, -0.2) is 0 Å². The number of unbranched alkanes of at least 4 members (excludes halogenated alkanes) is 1.